The van der Waals surface area contributed by atoms with Crippen LogP contribution in [0.3, 0.4) is 0 Å². The van der Waals surface area contributed by atoms with Gasteiger partial charge in [0.2, 0.25) is 0 Å². The minimum Gasteiger partial charge on any atom is -0.306 e. The highest BCUT2D eigenvalue weighted by atomic mass is 32.1. The first kappa shape index (κ1) is 11.1. The molecule has 3 heteroatoms. The summed E-state index contributed by atoms with van der Waals surface area (Å²) in [6.07, 6.45) is 2.49. The molecular formula is C12H20N2S. The molecule has 2 nitrogen and oxygen atoms in total. The van der Waals surface area contributed by atoms with Gasteiger partial charge < -0.3 is 4.90 Å². The molecular weight excluding hydrogens is 204 g/mol. The van der Waals surface area contributed by atoms with Gasteiger partial charge in [0.15, 0.2) is 0 Å². The molecule has 1 saturated heterocycles. The molecule has 1 aliphatic rings. The lowest BCUT2D eigenvalue weighted by molar-refractivity contribution is 0.0674. The second-order valence-corrected chi connectivity index (χ2v) is 5.65. The summed E-state index contributed by atoms with van der Waals surface area (Å²) in [7, 11) is 6.64. The third-order valence-corrected chi connectivity index (χ3v) is 4.71. The molecule has 1 aliphatic heterocycles. The first-order chi connectivity index (χ1) is 7.15. The van der Waals surface area contributed by atoms with Gasteiger partial charge in [0.25, 0.3) is 0 Å². The molecule has 0 radical (unpaired) electrons. The van der Waals surface area contributed by atoms with Gasteiger partial charge in [-0.2, -0.15) is 0 Å². The van der Waals surface area contributed by atoms with E-state index in [-0.39, 0.29) is 0 Å². The number of thiophene rings is 1. The fourth-order valence-corrected chi connectivity index (χ4v) is 3.51. The molecule has 15 heavy (non-hydrogen) atoms. The summed E-state index contributed by atoms with van der Waals surface area (Å²) >= 11 is 1.90. The van der Waals surface area contributed by atoms with Gasteiger partial charge in [0.1, 0.15) is 0 Å². The van der Waals surface area contributed by atoms with E-state index in [0.29, 0.717) is 5.54 Å². The van der Waals surface area contributed by atoms with Crippen LogP contribution in [0.5, 0.6) is 0 Å². The number of likely N-dealkylation sites (tertiary alicyclic amines) is 1. The summed E-state index contributed by atoms with van der Waals surface area (Å²) in [5.74, 6) is 0. The highest BCUT2D eigenvalue weighted by Crippen LogP contribution is 2.39. The van der Waals surface area contributed by atoms with Gasteiger partial charge in [-0.15, -0.1) is 11.3 Å². The molecule has 1 aromatic heterocycles. The van der Waals surface area contributed by atoms with Crippen molar-refractivity contribution in [1.82, 2.24) is 9.80 Å². The maximum absolute atomic E-state index is 2.43. The molecule has 0 bridgehead atoms. The summed E-state index contributed by atoms with van der Waals surface area (Å²) in [4.78, 5) is 6.36. The van der Waals surface area contributed by atoms with Crippen LogP contribution < -0.4 is 0 Å². The average molecular weight is 224 g/mol. The summed E-state index contributed by atoms with van der Waals surface area (Å²) in [5.41, 5.74) is 0.292. The Hall–Kier alpha value is -0.380. The maximum Gasteiger partial charge on any atom is 0.0573 e. The van der Waals surface area contributed by atoms with E-state index < -0.39 is 0 Å². The van der Waals surface area contributed by atoms with Crippen LogP contribution >= 0.6 is 11.3 Å². The Morgan fingerprint density at radius 2 is 2.00 bits per heavy atom. The monoisotopic (exact) mass is 224 g/mol. The predicted octanol–water partition coefficient (Wildman–Crippen LogP) is 2.23. The molecule has 2 heterocycles. The fraction of sp³-hybridized carbons (Fsp3) is 0.667. The third-order valence-electron chi connectivity index (χ3n) is 3.65. The summed E-state index contributed by atoms with van der Waals surface area (Å²) in [6, 6.07) is 4.46. The van der Waals surface area contributed by atoms with Gasteiger partial charge in [0.05, 0.1) is 5.54 Å². The molecule has 84 valence electrons. The zero-order chi connectivity index (χ0) is 10.9. The summed E-state index contributed by atoms with van der Waals surface area (Å²) < 4.78 is 0. The van der Waals surface area contributed by atoms with E-state index in [1.807, 2.05) is 11.3 Å². The van der Waals surface area contributed by atoms with E-state index in [1.165, 1.54) is 30.8 Å². The van der Waals surface area contributed by atoms with Crippen molar-refractivity contribution in [3.8, 4) is 0 Å². The van der Waals surface area contributed by atoms with Gasteiger partial charge in [-0.3, -0.25) is 4.90 Å². The highest BCUT2D eigenvalue weighted by molar-refractivity contribution is 7.10. The fourth-order valence-electron chi connectivity index (χ4n) is 2.45. The lowest BCUT2D eigenvalue weighted by Crippen LogP contribution is -2.49. The smallest absolute Gasteiger partial charge is 0.0573 e. The molecule has 0 atom stereocenters. The van der Waals surface area contributed by atoms with Crippen LogP contribution in [0.15, 0.2) is 17.5 Å². The van der Waals surface area contributed by atoms with Crippen molar-refractivity contribution >= 4 is 11.3 Å². The summed E-state index contributed by atoms with van der Waals surface area (Å²) in [6.45, 7) is 2.41. The van der Waals surface area contributed by atoms with Gasteiger partial charge in [0, 0.05) is 4.88 Å². The van der Waals surface area contributed by atoms with Crippen LogP contribution in [0, 0.1) is 0 Å². The van der Waals surface area contributed by atoms with E-state index in [1.54, 1.807) is 0 Å². The number of rotatable bonds is 2. The zero-order valence-corrected chi connectivity index (χ0v) is 10.7. The van der Waals surface area contributed by atoms with E-state index in [2.05, 4.69) is 48.5 Å². The van der Waals surface area contributed by atoms with Gasteiger partial charge >= 0.3 is 0 Å². The van der Waals surface area contributed by atoms with E-state index in [9.17, 15) is 0 Å². The molecule has 0 aromatic carbocycles. The minimum absolute atomic E-state index is 0.292. The molecule has 1 aromatic rings. The van der Waals surface area contributed by atoms with Crippen LogP contribution in [-0.4, -0.2) is 44.0 Å². The SMILES string of the molecule is CN1CCC(c2cccs2)(N(C)C)CC1. The van der Waals surface area contributed by atoms with Crippen molar-refractivity contribution in [2.45, 2.75) is 18.4 Å². The normalized spacial score (nSPS) is 22.1. The number of hydrogen-bond acceptors (Lipinski definition) is 3. The van der Waals surface area contributed by atoms with Crippen LogP contribution in [0.2, 0.25) is 0 Å². The number of hydrogen-bond donors (Lipinski definition) is 0. The van der Waals surface area contributed by atoms with E-state index in [0.717, 1.165) is 0 Å². The van der Waals surface area contributed by atoms with Crippen LogP contribution in [0.25, 0.3) is 0 Å². The number of piperidine rings is 1. The Kier molecular flexibility index (Phi) is 3.14. The van der Waals surface area contributed by atoms with Crippen molar-refractivity contribution in [2.24, 2.45) is 0 Å². The minimum atomic E-state index is 0.292. The third kappa shape index (κ3) is 1.96. The summed E-state index contributed by atoms with van der Waals surface area (Å²) in [5, 5.41) is 2.19. The van der Waals surface area contributed by atoms with Crippen molar-refractivity contribution in [1.29, 1.82) is 0 Å². The van der Waals surface area contributed by atoms with Crippen LogP contribution in [0.1, 0.15) is 17.7 Å². The van der Waals surface area contributed by atoms with Gasteiger partial charge in [-0.05, 0) is 58.5 Å². The van der Waals surface area contributed by atoms with Crippen molar-refractivity contribution < 1.29 is 0 Å². The standard InChI is InChI=1S/C12H20N2S/c1-13(2)12(11-5-4-10-15-11)6-8-14(3)9-7-12/h4-5,10H,6-9H2,1-3H3. The van der Waals surface area contributed by atoms with Gasteiger partial charge in [-0.25, -0.2) is 0 Å². The Labute approximate surface area is 96.5 Å². The molecule has 0 amide bonds. The molecule has 0 N–H and O–H groups in total. The largest absolute Gasteiger partial charge is 0.306 e. The number of nitrogens with zero attached hydrogens (tertiary/aromatic N) is 2. The molecule has 0 saturated carbocycles. The first-order valence-electron chi connectivity index (χ1n) is 5.55. The first-order valence-corrected chi connectivity index (χ1v) is 6.43. The topological polar surface area (TPSA) is 6.48 Å². The Morgan fingerprint density at radius 1 is 1.33 bits per heavy atom. The molecule has 0 aliphatic carbocycles. The molecule has 2 rings (SSSR count). The lowest BCUT2D eigenvalue weighted by Gasteiger charge is -2.45. The Bertz CT molecular complexity index is 297. The quantitative estimate of drug-likeness (QED) is 0.760. The average Bonchev–Trinajstić information content (AvgIpc) is 2.72. The Balaban J connectivity index is 2.26. The molecule has 1 fully saturated rings. The molecule has 0 unspecified atom stereocenters. The highest BCUT2D eigenvalue weighted by Gasteiger charge is 2.38. The predicted molar refractivity (Wildman–Crippen MR) is 66.4 cm³/mol. The maximum atomic E-state index is 2.43. The van der Waals surface area contributed by atoms with E-state index in [4.69, 9.17) is 0 Å². The molecule has 0 spiro atoms. The van der Waals surface area contributed by atoms with Crippen molar-refractivity contribution in [3.05, 3.63) is 22.4 Å². The van der Waals surface area contributed by atoms with Gasteiger partial charge in [-0.1, -0.05) is 6.07 Å². The van der Waals surface area contributed by atoms with Crippen LogP contribution in [0.4, 0.5) is 0 Å². The Morgan fingerprint density at radius 3 is 2.47 bits per heavy atom. The lowest BCUT2D eigenvalue weighted by atomic mass is 9.85. The van der Waals surface area contributed by atoms with Crippen molar-refractivity contribution in [2.75, 3.05) is 34.2 Å². The second kappa shape index (κ2) is 4.24. The van der Waals surface area contributed by atoms with Crippen molar-refractivity contribution in [3.63, 3.8) is 0 Å². The second-order valence-electron chi connectivity index (χ2n) is 4.71. The van der Waals surface area contributed by atoms with E-state index >= 15 is 0 Å². The zero-order valence-electron chi connectivity index (χ0n) is 9.86. The van der Waals surface area contributed by atoms with Crippen LogP contribution in [-0.2, 0) is 5.54 Å².